The minimum atomic E-state index is -0.926. The molecule has 1 aromatic heterocycles. The second-order valence-electron chi connectivity index (χ2n) is 9.94. The first-order valence-corrected chi connectivity index (χ1v) is 12.0. The molecule has 4 rings (SSSR count). The van der Waals surface area contributed by atoms with Gasteiger partial charge in [0.2, 0.25) is 5.91 Å². The summed E-state index contributed by atoms with van der Waals surface area (Å²) in [5.74, 6) is 0.727. The van der Waals surface area contributed by atoms with Crippen molar-refractivity contribution < 1.29 is 9.59 Å². The molecule has 1 aliphatic heterocycles. The van der Waals surface area contributed by atoms with Crippen LogP contribution in [-0.4, -0.2) is 44.4 Å². The molecular weight excluding hydrogens is 388 g/mol. The maximum Gasteiger partial charge on any atom is 0.290 e. The summed E-state index contributed by atoms with van der Waals surface area (Å²) in [5, 5.41) is 3.34. The van der Waals surface area contributed by atoms with Crippen molar-refractivity contribution in [3.05, 3.63) is 30.1 Å². The van der Waals surface area contributed by atoms with Crippen LogP contribution < -0.4 is 5.32 Å². The Labute approximate surface area is 185 Å². The van der Waals surface area contributed by atoms with Gasteiger partial charge in [0.15, 0.2) is 5.82 Å². The zero-order chi connectivity index (χ0) is 22.0. The predicted molar refractivity (Wildman–Crippen MR) is 123 cm³/mol. The Balaban J connectivity index is 1.66. The van der Waals surface area contributed by atoms with Crippen LogP contribution >= 0.6 is 0 Å². The fraction of sp³-hybridized carbons (Fsp3) is 0.640. The number of carbonyl (C=O) groups excluding carboxylic acids is 2. The highest BCUT2D eigenvalue weighted by Crippen LogP contribution is 2.31. The zero-order valence-electron chi connectivity index (χ0n) is 19.2. The normalized spacial score (nSPS) is 23.0. The van der Waals surface area contributed by atoms with Gasteiger partial charge < -0.3 is 14.8 Å². The molecule has 0 radical (unpaired) electrons. The molecule has 0 bridgehead atoms. The molecule has 1 fully saturated rings. The molecule has 1 saturated carbocycles. The molecule has 0 saturated heterocycles. The van der Waals surface area contributed by atoms with Crippen LogP contribution in [0.5, 0.6) is 0 Å². The van der Waals surface area contributed by atoms with Crippen LogP contribution in [0.1, 0.15) is 82.8 Å². The van der Waals surface area contributed by atoms with Crippen molar-refractivity contribution in [1.29, 1.82) is 0 Å². The van der Waals surface area contributed by atoms with Crippen LogP contribution in [0.3, 0.4) is 0 Å². The molecule has 2 aliphatic rings. The minimum Gasteiger partial charge on any atom is -0.351 e. The number of amides is 2. The SMILES string of the molecule is CC(C)CCN1C(=O)c2nc3ccccc3n2C[C@@]1(C)C(=O)NC1CCCCCCC1. The zero-order valence-corrected chi connectivity index (χ0v) is 19.2. The Hall–Kier alpha value is -2.37. The number of carbonyl (C=O) groups is 2. The number of imidazole rings is 1. The van der Waals surface area contributed by atoms with E-state index >= 15 is 0 Å². The predicted octanol–water partition coefficient (Wildman–Crippen LogP) is 4.53. The molecule has 0 unspecified atom stereocenters. The van der Waals surface area contributed by atoms with Gasteiger partial charge in [-0.15, -0.1) is 0 Å². The number of nitrogens with one attached hydrogen (secondary N) is 1. The molecule has 2 aromatic rings. The fourth-order valence-electron chi connectivity index (χ4n) is 5.01. The average molecular weight is 425 g/mol. The summed E-state index contributed by atoms with van der Waals surface area (Å²) in [6.07, 6.45) is 9.02. The first kappa shape index (κ1) is 21.8. The molecule has 31 heavy (non-hydrogen) atoms. The standard InChI is InChI=1S/C25H36N4O2/c1-18(2)15-16-29-23(30)22-27-20-13-9-10-14-21(20)28(22)17-25(29,3)24(31)26-19-11-7-5-4-6-8-12-19/h9-10,13-14,18-19H,4-8,11-12,15-17H2,1-3H3,(H,26,31)/t25-/m0/s1. The Kier molecular flexibility index (Phi) is 6.35. The van der Waals surface area contributed by atoms with Gasteiger partial charge in [0.1, 0.15) is 5.54 Å². The van der Waals surface area contributed by atoms with Gasteiger partial charge in [-0.2, -0.15) is 0 Å². The summed E-state index contributed by atoms with van der Waals surface area (Å²) >= 11 is 0. The first-order chi connectivity index (χ1) is 14.9. The van der Waals surface area contributed by atoms with E-state index in [1.807, 2.05) is 35.8 Å². The van der Waals surface area contributed by atoms with Crippen molar-refractivity contribution in [2.45, 2.75) is 90.3 Å². The Bertz CT molecular complexity index is 942. The largest absolute Gasteiger partial charge is 0.351 e. The molecule has 2 amide bonds. The number of aromatic nitrogens is 2. The van der Waals surface area contributed by atoms with Crippen molar-refractivity contribution >= 4 is 22.8 Å². The summed E-state index contributed by atoms with van der Waals surface area (Å²) in [6.45, 7) is 7.23. The van der Waals surface area contributed by atoms with E-state index in [0.29, 0.717) is 24.8 Å². The minimum absolute atomic E-state index is 0.0291. The lowest BCUT2D eigenvalue weighted by molar-refractivity contribution is -0.133. The highest BCUT2D eigenvalue weighted by molar-refractivity contribution is 6.01. The first-order valence-electron chi connectivity index (χ1n) is 12.0. The lowest BCUT2D eigenvalue weighted by Gasteiger charge is -2.44. The highest BCUT2D eigenvalue weighted by Gasteiger charge is 2.48. The lowest BCUT2D eigenvalue weighted by atomic mass is 9.92. The van der Waals surface area contributed by atoms with Gasteiger partial charge in [-0.05, 0) is 44.2 Å². The maximum absolute atomic E-state index is 13.7. The number of nitrogens with zero attached hydrogens (tertiary/aromatic N) is 3. The highest BCUT2D eigenvalue weighted by atomic mass is 16.2. The number of rotatable bonds is 5. The smallest absolute Gasteiger partial charge is 0.290 e. The molecular formula is C25H36N4O2. The summed E-state index contributed by atoms with van der Waals surface area (Å²) in [7, 11) is 0. The number of hydrogen-bond acceptors (Lipinski definition) is 3. The molecule has 6 nitrogen and oxygen atoms in total. The average Bonchev–Trinajstić information content (AvgIpc) is 3.08. The van der Waals surface area contributed by atoms with E-state index in [1.165, 1.54) is 19.3 Å². The van der Waals surface area contributed by atoms with E-state index in [0.717, 1.165) is 43.1 Å². The number of fused-ring (bicyclic) bond motifs is 3. The third kappa shape index (κ3) is 4.35. The van der Waals surface area contributed by atoms with Gasteiger partial charge in [0, 0.05) is 12.6 Å². The third-order valence-electron chi connectivity index (χ3n) is 7.01. The molecule has 1 aliphatic carbocycles. The van der Waals surface area contributed by atoms with Gasteiger partial charge in [-0.25, -0.2) is 4.98 Å². The van der Waals surface area contributed by atoms with Gasteiger partial charge in [-0.1, -0.05) is 58.1 Å². The monoisotopic (exact) mass is 424 g/mol. The van der Waals surface area contributed by atoms with Crippen LogP contribution in [0.15, 0.2) is 24.3 Å². The molecule has 168 valence electrons. The van der Waals surface area contributed by atoms with Crippen molar-refractivity contribution in [3.63, 3.8) is 0 Å². The second kappa shape index (κ2) is 9.01. The second-order valence-corrected chi connectivity index (χ2v) is 9.94. The summed E-state index contributed by atoms with van der Waals surface area (Å²) < 4.78 is 1.95. The van der Waals surface area contributed by atoms with Crippen molar-refractivity contribution in [1.82, 2.24) is 19.8 Å². The number of hydrogen-bond donors (Lipinski definition) is 1. The number of para-hydroxylation sites is 2. The molecule has 1 N–H and O–H groups in total. The van der Waals surface area contributed by atoms with Crippen molar-refractivity contribution in [2.75, 3.05) is 6.54 Å². The number of benzene rings is 1. The van der Waals surface area contributed by atoms with E-state index in [4.69, 9.17) is 0 Å². The molecule has 1 atom stereocenters. The van der Waals surface area contributed by atoms with E-state index in [9.17, 15) is 9.59 Å². The van der Waals surface area contributed by atoms with Gasteiger partial charge in [0.25, 0.3) is 5.91 Å². The van der Waals surface area contributed by atoms with E-state index in [-0.39, 0.29) is 17.9 Å². The molecule has 2 heterocycles. The van der Waals surface area contributed by atoms with E-state index < -0.39 is 5.54 Å². The molecule has 1 aromatic carbocycles. The third-order valence-corrected chi connectivity index (χ3v) is 7.01. The van der Waals surface area contributed by atoms with Gasteiger partial charge >= 0.3 is 0 Å². The maximum atomic E-state index is 13.7. The Morgan fingerprint density at radius 1 is 1.16 bits per heavy atom. The fourth-order valence-corrected chi connectivity index (χ4v) is 5.01. The topological polar surface area (TPSA) is 67.2 Å². The van der Waals surface area contributed by atoms with Crippen LogP contribution in [0.2, 0.25) is 0 Å². The van der Waals surface area contributed by atoms with Crippen molar-refractivity contribution in [2.24, 2.45) is 5.92 Å². The van der Waals surface area contributed by atoms with Gasteiger partial charge in [0.05, 0.1) is 17.6 Å². The Morgan fingerprint density at radius 2 is 1.84 bits per heavy atom. The summed E-state index contributed by atoms with van der Waals surface area (Å²) in [5.41, 5.74) is 0.795. The Morgan fingerprint density at radius 3 is 2.55 bits per heavy atom. The summed E-state index contributed by atoms with van der Waals surface area (Å²) in [6, 6.07) is 8.00. The summed E-state index contributed by atoms with van der Waals surface area (Å²) in [4.78, 5) is 33.7. The van der Waals surface area contributed by atoms with Crippen molar-refractivity contribution in [3.8, 4) is 0 Å². The van der Waals surface area contributed by atoms with Crippen LogP contribution in [0, 0.1) is 5.92 Å². The van der Waals surface area contributed by atoms with Crippen LogP contribution in [0.4, 0.5) is 0 Å². The van der Waals surface area contributed by atoms with E-state index in [2.05, 4.69) is 24.1 Å². The quantitative estimate of drug-likeness (QED) is 0.767. The lowest BCUT2D eigenvalue weighted by Crippen LogP contribution is -2.65. The van der Waals surface area contributed by atoms with E-state index in [1.54, 1.807) is 4.90 Å². The van der Waals surface area contributed by atoms with Crippen LogP contribution in [-0.2, 0) is 11.3 Å². The molecule has 6 heteroatoms. The van der Waals surface area contributed by atoms with Gasteiger partial charge in [-0.3, -0.25) is 9.59 Å². The van der Waals surface area contributed by atoms with Crippen LogP contribution in [0.25, 0.3) is 11.0 Å². The molecule has 0 spiro atoms.